The molecule has 1 amide bonds. The lowest BCUT2D eigenvalue weighted by molar-refractivity contribution is -0.116. The predicted molar refractivity (Wildman–Crippen MR) is 109 cm³/mol. The summed E-state index contributed by atoms with van der Waals surface area (Å²) in [5.41, 5.74) is 2.09. The minimum atomic E-state index is -3.62. The van der Waals surface area contributed by atoms with E-state index in [4.69, 9.17) is 0 Å². The van der Waals surface area contributed by atoms with Crippen molar-refractivity contribution in [1.29, 1.82) is 0 Å². The van der Waals surface area contributed by atoms with Gasteiger partial charge in [-0.1, -0.05) is 31.2 Å². The molecule has 0 saturated heterocycles. The number of nitrogens with one attached hydrogen (secondary N) is 1. The fraction of sp³-hybridized carbons (Fsp3) is 0.316. The first-order chi connectivity index (χ1) is 12.2. The Morgan fingerprint density at radius 1 is 1.19 bits per heavy atom. The third kappa shape index (κ3) is 5.02. The van der Waals surface area contributed by atoms with Crippen LogP contribution < -0.4 is 9.62 Å². The van der Waals surface area contributed by atoms with Crippen molar-refractivity contribution in [3.05, 3.63) is 54.1 Å². The molecule has 0 saturated carbocycles. The smallest absolute Gasteiger partial charge is 0.248 e. The Morgan fingerprint density at radius 3 is 2.50 bits per heavy atom. The summed E-state index contributed by atoms with van der Waals surface area (Å²) in [7, 11) is -3.62. The molecule has 26 heavy (non-hydrogen) atoms. The number of rotatable bonds is 7. The van der Waals surface area contributed by atoms with Crippen molar-refractivity contribution in [2.45, 2.75) is 31.7 Å². The van der Waals surface area contributed by atoms with Crippen molar-refractivity contribution in [3.63, 3.8) is 0 Å². The van der Waals surface area contributed by atoms with E-state index in [0.29, 0.717) is 11.4 Å². The van der Waals surface area contributed by atoms with Crippen LogP contribution in [0.2, 0.25) is 0 Å². The van der Waals surface area contributed by atoms with Gasteiger partial charge in [-0.25, -0.2) is 8.42 Å². The molecule has 1 atom stereocenters. The number of aryl methyl sites for hydroxylation is 1. The number of carbonyl (C=O) groups is 1. The van der Waals surface area contributed by atoms with Gasteiger partial charge in [-0.3, -0.25) is 9.10 Å². The van der Waals surface area contributed by atoms with Crippen LogP contribution in [0.25, 0.3) is 0 Å². The third-order valence-electron chi connectivity index (χ3n) is 3.79. The number of carbonyl (C=O) groups excluding carboxylic acids is 1. The summed E-state index contributed by atoms with van der Waals surface area (Å²) >= 11 is 1.62. The quantitative estimate of drug-likeness (QED) is 0.726. The van der Waals surface area contributed by atoms with Crippen LogP contribution in [-0.4, -0.2) is 32.4 Å². The highest BCUT2D eigenvalue weighted by molar-refractivity contribution is 7.99. The molecule has 0 bridgehead atoms. The van der Waals surface area contributed by atoms with Crippen molar-refractivity contribution in [2.75, 3.05) is 21.6 Å². The van der Waals surface area contributed by atoms with E-state index in [1.54, 1.807) is 36.9 Å². The fourth-order valence-electron chi connectivity index (χ4n) is 2.66. The molecule has 0 aromatic heterocycles. The average molecular weight is 393 g/mol. The number of hydrogen-bond donors (Lipinski definition) is 1. The van der Waals surface area contributed by atoms with Crippen molar-refractivity contribution in [1.82, 2.24) is 0 Å². The minimum absolute atomic E-state index is 0.374. The van der Waals surface area contributed by atoms with E-state index in [9.17, 15) is 13.2 Å². The Morgan fingerprint density at radius 2 is 1.88 bits per heavy atom. The van der Waals surface area contributed by atoms with Crippen molar-refractivity contribution < 1.29 is 13.2 Å². The highest BCUT2D eigenvalue weighted by atomic mass is 32.2. The molecule has 140 valence electrons. The predicted octanol–water partition coefficient (Wildman–Crippen LogP) is 3.90. The molecule has 0 spiro atoms. The zero-order valence-electron chi connectivity index (χ0n) is 15.4. The van der Waals surface area contributed by atoms with Crippen molar-refractivity contribution >= 4 is 39.1 Å². The number of para-hydroxylation sites is 1. The molecule has 0 radical (unpaired) electrons. The van der Waals surface area contributed by atoms with Gasteiger partial charge < -0.3 is 5.32 Å². The van der Waals surface area contributed by atoms with Crippen LogP contribution in [0.1, 0.15) is 19.4 Å². The first-order valence-electron chi connectivity index (χ1n) is 8.32. The summed E-state index contributed by atoms with van der Waals surface area (Å²) in [6, 6.07) is 13.7. The molecule has 2 aromatic rings. The van der Waals surface area contributed by atoms with Gasteiger partial charge in [0.25, 0.3) is 0 Å². The molecule has 2 aromatic carbocycles. The van der Waals surface area contributed by atoms with Crippen LogP contribution in [0.4, 0.5) is 11.4 Å². The Bertz CT molecular complexity index is 882. The van der Waals surface area contributed by atoms with Crippen LogP contribution in [0.3, 0.4) is 0 Å². The Labute approximate surface area is 159 Å². The second-order valence-corrected chi connectivity index (χ2v) is 9.16. The average Bonchev–Trinajstić information content (AvgIpc) is 2.55. The van der Waals surface area contributed by atoms with E-state index < -0.39 is 16.1 Å². The number of anilines is 2. The molecule has 1 unspecified atom stereocenters. The molecular weight excluding hydrogens is 368 g/mol. The van der Waals surface area contributed by atoms with Gasteiger partial charge in [-0.05, 0) is 49.4 Å². The summed E-state index contributed by atoms with van der Waals surface area (Å²) in [5.74, 6) is 0.502. The van der Waals surface area contributed by atoms with E-state index in [2.05, 4.69) is 5.32 Å². The number of thioether (sulfide) groups is 1. The fourth-order valence-corrected chi connectivity index (χ4v) is 4.59. The topological polar surface area (TPSA) is 66.5 Å². The first kappa shape index (κ1) is 20.3. The molecule has 0 fully saturated rings. The second-order valence-electron chi connectivity index (χ2n) is 5.99. The van der Waals surface area contributed by atoms with Gasteiger partial charge in [-0.2, -0.15) is 0 Å². The largest absolute Gasteiger partial charge is 0.323 e. The summed E-state index contributed by atoms with van der Waals surface area (Å²) in [6.45, 7) is 5.51. The molecular formula is C19H24N2O3S2. The van der Waals surface area contributed by atoms with E-state index in [1.807, 2.05) is 44.2 Å². The molecule has 2 rings (SSSR count). The van der Waals surface area contributed by atoms with Crippen molar-refractivity contribution in [3.8, 4) is 0 Å². The maximum Gasteiger partial charge on any atom is 0.248 e. The maximum absolute atomic E-state index is 12.8. The first-order valence-corrected chi connectivity index (χ1v) is 11.2. The van der Waals surface area contributed by atoms with Gasteiger partial charge in [0.1, 0.15) is 6.04 Å². The summed E-state index contributed by atoms with van der Waals surface area (Å²) < 4.78 is 25.9. The molecule has 0 heterocycles. The molecule has 0 aliphatic carbocycles. The number of hydrogen-bond acceptors (Lipinski definition) is 4. The zero-order valence-corrected chi connectivity index (χ0v) is 17.0. The van der Waals surface area contributed by atoms with Crippen molar-refractivity contribution in [2.24, 2.45) is 0 Å². The van der Waals surface area contributed by atoms with Crippen LogP contribution in [0.5, 0.6) is 0 Å². The lowest BCUT2D eigenvalue weighted by Crippen LogP contribution is -2.45. The van der Waals surface area contributed by atoms with Gasteiger partial charge in [0.2, 0.25) is 15.9 Å². The van der Waals surface area contributed by atoms with Crippen LogP contribution in [0.15, 0.2) is 53.4 Å². The number of amides is 1. The van der Waals surface area contributed by atoms with E-state index in [1.165, 1.54) is 0 Å². The lowest BCUT2D eigenvalue weighted by atomic mass is 10.2. The Hall–Kier alpha value is -1.99. The van der Waals surface area contributed by atoms with Gasteiger partial charge >= 0.3 is 0 Å². The van der Waals surface area contributed by atoms with Gasteiger partial charge in [0.15, 0.2) is 0 Å². The van der Waals surface area contributed by atoms with Crippen LogP contribution in [-0.2, 0) is 14.8 Å². The van der Waals surface area contributed by atoms with Gasteiger partial charge in [0, 0.05) is 4.90 Å². The van der Waals surface area contributed by atoms with Gasteiger partial charge in [0.05, 0.1) is 17.6 Å². The van der Waals surface area contributed by atoms with E-state index >= 15 is 0 Å². The third-order valence-corrected chi connectivity index (χ3v) is 5.99. The molecule has 0 aliphatic rings. The Kier molecular flexibility index (Phi) is 6.72. The maximum atomic E-state index is 12.8. The molecule has 5 nitrogen and oxygen atoms in total. The number of benzene rings is 2. The van der Waals surface area contributed by atoms with Crippen LogP contribution in [0, 0.1) is 6.92 Å². The summed E-state index contributed by atoms with van der Waals surface area (Å²) in [6.07, 6.45) is 1.11. The van der Waals surface area contributed by atoms with Crippen LogP contribution >= 0.6 is 11.8 Å². The standard InChI is InChI=1S/C19H24N2O3S2/c1-5-25-18-12-7-6-11-17(18)20-19(22)15(3)21(26(4,23)24)16-10-8-9-14(2)13-16/h6-13,15H,5H2,1-4H3,(H,20,22). The molecule has 1 N–H and O–H groups in total. The van der Waals surface area contributed by atoms with E-state index in [0.717, 1.165) is 26.8 Å². The zero-order chi connectivity index (χ0) is 19.3. The Balaban J connectivity index is 2.32. The second kappa shape index (κ2) is 8.60. The molecule has 0 aliphatic heterocycles. The summed E-state index contributed by atoms with van der Waals surface area (Å²) in [5, 5.41) is 2.87. The lowest BCUT2D eigenvalue weighted by Gasteiger charge is -2.28. The minimum Gasteiger partial charge on any atom is -0.323 e. The number of nitrogens with zero attached hydrogens (tertiary/aromatic N) is 1. The van der Waals surface area contributed by atoms with E-state index in [-0.39, 0.29) is 5.91 Å². The highest BCUT2D eigenvalue weighted by Gasteiger charge is 2.29. The monoisotopic (exact) mass is 392 g/mol. The van der Waals surface area contributed by atoms with Gasteiger partial charge in [-0.15, -0.1) is 11.8 Å². The highest BCUT2D eigenvalue weighted by Crippen LogP contribution is 2.28. The SMILES string of the molecule is CCSc1ccccc1NC(=O)C(C)N(c1cccc(C)c1)S(C)(=O)=O. The normalized spacial score (nSPS) is 12.5. The summed E-state index contributed by atoms with van der Waals surface area (Å²) in [4.78, 5) is 13.7. The number of sulfonamides is 1. The molecule has 7 heteroatoms.